The van der Waals surface area contributed by atoms with Crippen LogP contribution in [0.1, 0.15) is 463 Å². The molecular formula is C80H157NO5. The van der Waals surface area contributed by atoms with Crippen LogP contribution in [-0.4, -0.2) is 47.4 Å². The third-order valence-electron chi connectivity index (χ3n) is 19.1. The summed E-state index contributed by atoms with van der Waals surface area (Å²) in [4.78, 5) is 24.6. The van der Waals surface area contributed by atoms with E-state index in [-0.39, 0.29) is 18.5 Å². The molecule has 0 bridgehead atoms. The van der Waals surface area contributed by atoms with Crippen molar-refractivity contribution in [3.8, 4) is 0 Å². The number of unbranched alkanes of at least 4 members (excludes halogenated alkanes) is 63. The highest BCUT2D eigenvalue weighted by Crippen LogP contribution is 2.20. The molecular weight excluding hydrogens is 1050 g/mol. The third kappa shape index (κ3) is 71.7. The lowest BCUT2D eigenvalue weighted by molar-refractivity contribution is -0.143. The molecule has 0 radical (unpaired) electrons. The maximum absolute atomic E-state index is 12.6. The van der Waals surface area contributed by atoms with Gasteiger partial charge in [0.2, 0.25) is 5.91 Å². The Morgan fingerprint density at radius 2 is 0.547 bits per heavy atom. The summed E-state index contributed by atoms with van der Waals surface area (Å²) in [5, 5.41) is 23.5. The van der Waals surface area contributed by atoms with Crippen LogP contribution in [0.2, 0.25) is 0 Å². The summed E-state index contributed by atoms with van der Waals surface area (Å²) in [5.74, 6) is -0.00306. The van der Waals surface area contributed by atoms with Crippen molar-refractivity contribution < 1.29 is 24.5 Å². The molecule has 0 heterocycles. The van der Waals surface area contributed by atoms with E-state index in [0.29, 0.717) is 25.9 Å². The van der Waals surface area contributed by atoms with Gasteiger partial charge in [-0.3, -0.25) is 9.59 Å². The minimum atomic E-state index is -0.662. The summed E-state index contributed by atoms with van der Waals surface area (Å²) in [6.07, 6.45) is 96.0. The highest BCUT2D eigenvalue weighted by molar-refractivity contribution is 5.76. The van der Waals surface area contributed by atoms with Crippen molar-refractivity contribution in [1.82, 2.24) is 5.32 Å². The van der Waals surface area contributed by atoms with Crippen LogP contribution in [0.5, 0.6) is 0 Å². The summed E-state index contributed by atoms with van der Waals surface area (Å²) >= 11 is 0. The number of rotatable bonds is 76. The van der Waals surface area contributed by atoms with Crippen molar-refractivity contribution in [1.29, 1.82) is 0 Å². The highest BCUT2D eigenvalue weighted by Gasteiger charge is 2.20. The van der Waals surface area contributed by atoms with Gasteiger partial charge in [0, 0.05) is 12.8 Å². The molecule has 0 aromatic carbocycles. The van der Waals surface area contributed by atoms with Crippen molar-refractivity contribution in [2.24, 2.45) is 0 Å². The molecule has 0 aliphatic carbocycles. The van der Waals surface area contributed by atoms with Crippen molar-refractivity contribution >= 4 is 11.9 Å². The normalized spacial score (nSPS) is 12.5. The standard InChI is InChI=1S/C80H157NO5/c1-3-5-7-9-11-13-15-16-17-18-19-37-40-43-46-49-53-56-60-64-68-72-78(83)77(76-82)81-79(84)73-69-65-61-57-54-50-47-44-41-38-35-33-31-29-27-25-23-21-20-22-24-26-28-30-32-34-36-39-42-45-48-51-55-59-63-67-71-75-86-80(85)74-70-66-62-58-52-14-12-10-8-6-4-2/h20,22,77-78,82-83H,3-19,21,23-76H2,1-2H3,(H,81,84)/b22-20-. The molecule has 0 fully saturated rings. The maximum atomic E-state index is 12.6. The molecule has 0 rings (SSSR count). The molecule has 0 saturated heterocycles. The van der Waals surface area contributed by atoms with E-state index >= 15 is 0 Å². The van der Waals surface area contributed by atoms with E-state index in [1.807, 2.05) is 0 Å². The number of hydrogen-bond donors (Lipinski definition) is 3. The van der Waals surface area contributed by atoms with E-state index in [4.69, 9.17) is 4.74 Å². The van der Waals surface area contributed by atoms with Gasteiger partial charge in [0.05, 0.1) is 25.4 Å². The summed E-state index contributed by atoms with van der Waals surface area (Å²) < 4.78 is 5.48. The average Bonchev–Trinajstić information content (AvgIpc) is 3.58. The molecule has 0 aromatic rings. The number of ether oxygens (including phenoxy) is 1. The zero-order chi connectivity index (χ0) is 62.0. The van der Waals surface area contributed by atoms with Gasteiger partial charge >= 0.3 is 5.97 Å². The Morgan fingerprint density at radius 1 is 0.314 bits per heavy atom. The Morgan fingerprint density at radius 3 is 0.826 bits per heavy atom. The van der Waals surface area contributed by atoms with Gasteiger partial charge in [-0.15, -0.1) is 0 Å². The Labute approximate surface area is 539 Å². The largest absolute Gasteiger partial charge is 0.466 e. The number of amides is 1. The van der Waals surface area contributed by atoms with Gasteiger partial charge in [-0.2, -0.15) is 0 Å². The number of carbonyl (C=O) groups excluding carboxylic acids is 2. The molecule has 0 aliphatic heterocycles. The van der Waals surface area contributed by atoms with Gasteiger partial charge in [-0.05, 0) is 51.4 Å². The van der Waals surface area contributed by atoms with Crippen molar-refractivity contribution in [2.45, 2.75) is 475 Å². The Hall–Kier alpha value is -1.40. The van der Waals surface area contributed by atoms with E-state index < -0.39 is 12.1 Å². The van der Waals surface area contributed by atoms with Crippen LogP contribution in [0.4, 0.5) is 0 Å². The number of aliphatic hydroxyl groups excluding tert-OH is 2. The van der Waals surface area contributed by atoms with E-state index in [0.717, 1.165) is 38.5 Å². The predicted octanol–water partition coefficient (Wildman–Crippen LogP) is 26.3. The number of aliphatic hydroxyl groups is 2. The lowest BCUT2D eigenvalue weighted by Crippen LogP contribution is -2.45. The number of esters is 1. The quantitative estimate of drug-likeness (QED) is 0.0320. The fourth-order valence-electron chi connectivity index (χ4n) is 13.0. The highest BCUT2D eigenvalue weighted by atomic mass is 16.5. The Kier molecular flexibility index (Phi) is 74.8. The lowest BCUT2D eigenvalue weighted by atomic mass is 10.0. The first-order valence-corrected chi connectivity index (χ1v) is 39.9. The van der Waals surface area contributed by atoms with Gasteiger partial charge < -0.3 is 20.3 Å². The number of hydrogen-bond acceptors (Lipinski definition) is 5. The fraction of sp³-hybridized carbons (Fsp3) is 0.950. The summed E-state index contributed by atoms with van der Waals surface area (Å²) in [6.45, 7) is 5.01. The minimum Gasteiger partial charge on any atom is -0.466 e. The first kappa shape index (κ1) is 84.6. The smallest absolute Gasteiger partial charge is 0.305 e. The van der Waals surface area contributed by atoms with Crippen LogP contribution in [-0.2, 0) is 14.3 Å². The molecule has 6 heteroatoms. The molecule has 2 unspecified atom stereocenters. The van der Waals surface area contributed by atoms with Gasteiger partial charge in [-0.25, -0.2) is 0 Å². The molecule has 86 heavy (non-hydrogen) atoms. The second-order valence-corrected chi connectivity index (χ2v) is 27.8. The zero-order valence-corrected chi connectivity index (χ0v) is 58.8. The average molecular weight is 1210 g/mol. The Balaban J connectivity index is 3.33. The minimum absolute atomic E-state index is 0.0222. The molecule has 3 N–H and O–H groups in total. The Bertz CT molecular complexity index is 1300. The monoisotopic (exact) mass is 1210 g/mol. The lowest BCUT2D eigenvalue weighted by Gasteiger charge is -2.22. The molecule has 0 aliphatic rings. The number of allylic oxidation sites excluding steroid dienone is 2. The molecule has 512 valence electrons. The zero-order valence-electron chi connectivity index (χ0n) is 58.8. The second-order valence-electron chi connectivity index (χ2n) is 27.8. The first-order valence-electron chi connectivity index (χ1n) is 39.9. The topological polar surface area (TPSA) is 95.9 Å². The molecule has 0 spiro atoms. The van der Waals surface area contributed by atoms with Crippen molar-refractivity contribution in [2.75, 3.05) is 13.2 Å². The van der Waals surface area contributed by atoms with Gasteiger partial charge in [-0.1, -0.05) is 411 Å². The van der Waals surface area contributed by atoms with Gasteiger partial charge in [0.1, 0.15) is 0 Å². The molecule has 1 amide bonds. The van der Waals surface area contributed by atoms with E-state index in [2.05, 4.69) is 31.3 Å². The molecule has 0 aromatic heterocycles. The van der Waals surface area contributed by atoms with Crippen LogP contribution < -0.4 is 5.32 Å². The SMILES string of the molecule is CCCCCCCCCCCCCCCCCCCCCCCC(O)C(CO)NC(=O)CCCCCCCCCCCCCCCCCCC/C=C\CCCCCCCCCCCCCCCCCCOC(=O)CCCCCCCCCCCCC. The van der Waals surface area contributed by atoms with Crippen LogP contribution in [0.15, 0.2) is 12.2 Å². The van der Waals surface area contributed by atoms with Crippen LogP contribution in [0.3, 0.4) is 0 Å². The van der Waals surface area contributed by atoms with Gasteiger partial charge in [0.25, 0.3) is 0 Å². The summed E-state index contributed by atoms with van der Waals surface area (Å²) in [5.41, 5.74) is 0. The van der Waals surface area contributed by atoms with Crippen molar-refractivity contribution in [3.63, 3.8) is 0 Å². The second kappa shape index (κ2) is 76.1. The fourth-order valence-corrected chi connectivity index (χ4v) is 13.0. The summed E-state index contributed by atoms with van der Waals surface area (Å²) in [7, 11) is 0. The van der Waals surface area contributed by atoms with E-state index in [1.165, 1.54) is 392 Å². The van der Waals surface area contributed by atoms with E-state index in [1.54, 1.807) is 0 Å². The molecule has 0 saturated carbocycles. The number of nitrogens with one attached hydrogen (secondary N) is 1. The van der Waals surface area contributed by atoms with Crippen molar-refractivity contribution in [3.05, 3.63) is 12.2 Å². The van der Waals surface area contributed by atoms with E-state index in [9.17, 15) is 19.8 Å². The summed E-state index contributed by atoms with van der Waals surface area (Å²) in [6, 6.07) is -0.539. The van der Waals surface area contributed by atoms with Crippen LogP contribution in [0.25, 0.3) is 0 Å². The molecule has 2 atom stereocenters. The number of carbonyl (C=O) groups is 2. The van der Waals surface area contributed by atoms with Gasteiger partial charge in [0.15, 0.2) is 0 Å². The third-order valence-corrected chi connectivity index (χ3v) is 19.1. The molecule has 6 nitrogen and oxygen atoms in total. The first-order chi connectivity index (χ1) is 42.5. The maximum Gasteiger partial charge on any atom is 0.305 e. The predicted molar refractivity (Wildman–Crippen MR) is 380 cm³/mol. The van der Waals surface area contributed by atoms with Crippen LogP contribution >= 0.6 is 0 Å². The van der Waals surface area contributed by atoms with Crippen LogP contribution in [0, 0.1) is 0 Å².